The lowest BCUT2D eigenvalue weighted by molar-refractivity contribution is -0.132. The third-order valence-electron chi connectivity index (χ3n) is 5.52. The second-order valence-electron chi connectivity index (χ2n) is 7.16. The van der Waals surface area contributed by atoms with Gasteiger partial charge in [-0.05, 0) is 66.6 Å². The summed E-state index contributed by atoms with van der Waals surface area (Å²) in [6.45, 7) is 1.83. The number of carbonyl (C=O) groups excluding carboxylic acids is 1. The number of hydrogen-bond acceptors (Lipinski definition) is 2. The van der Waals surface area contributed by atoms with E-state index >= 15 is 0 Å². The molecule has 0 unspecified atom stereocenters. The standard InChI is InChI=1S/C23H18Cl2FNO2/c1-23(15-5-12-19(25)20(26)13-15)21(14-3-6-16(24)7-4-14)27(22(23)28)17-8-10-18(29-2)11-9-17/h3-13,21H,1-2H3/t21-,23+/m1/s1. The van der Waals surface area contributed by atoms with Crippen LogP contribution in [-0.4, -0.2) is 13.0 Å². The molecule has 1 saturated heterocycles. The van der Waals surface area contributed by atoms with Gasteiger partial charge in [-0.25, -0.2) is 4.39 Å². The zero-order valence-corrected chi connectivity index (χ0v) is 17.3. The first-order chi connectivity index (χ1) is 13.9. The molecule has 0 saturated carbocycles. The molecule has 3 aromatic carbocycles. The predicted molar refractivity (Wildman–Crippen MR) is 113 cm³/mol. The number of ether oxygens (including phenoxy) is 1. The van der Waals surface area contributed by atoms with Crippen molar-refractivity contribution in [2.24, 2.45) is 0 Å². The molecule has 0 bridgehead atoms. The summed E-state index contributed by atoms with van der Waals surface area (Å²) in [7, 11) is 1.59. The monoisotopic (exact) mass is 429 g/mol. The summed E-state index contributed by atoms with van der Waals surface area (Å²) in [5.74, 6) is 0.0348. The first kappa shape index (κ1) is 19.7. The van der Waals surface area contributed by atoms with E-state index in [1.54, 1.807) is 42.3 Å². The fourth-order valence-electron chi connectivity index (χ4n) is 3.91. The molecule has 0 N–H and O–H groups in total. The van der Waals surface area contributed by atoms with Crippen LogP contribution in [0.1, 0.15) is 24.1 Å². The minimum Gasteiger partial charge on any atom is -0.497 e. The highest BCUT2D eigenvalue weighted by molar-refractivity contribution is 6.31. The molecule has 4 rings (SSSR count). The Morgan fingerprint density at radius 1 is 1.00 bits per heavy atom. The molecular weight excluding hydrogens is 412 g/mol. The van der Waals surface area contributed by atoms with E-state index in [0.29, 0.717) is 16.3 Å². The molecular formula is C23H18Cl2FNO2. The van der Waals surface area contributed by atoms with Gasteiger partial charge in [-0.3, -0.25) is 4.79 Å². The highest BCUT2D eigenvalue weighted by Gasteiger charge is 2.59. The number of hydrogen-bond donors (Lipinski definition) is 0. The molecule has 0 spiro atoms. The van der Waals surface area contributed by atoms with Crippen molar-refractivity contribution in [1.29, 1.82) is 0 Å². The van der Waals surface area contributed by atoms with Crippen LogP contribution < -0.4 is 9.64 Å². The van der Waals surface area contributed by atoms with Gasteiger partial charge in [0.1, 0.15) is 11.6 Å². The first-order valence-corrected chi connectivity index (χ1v) is 9.80. The first-order valence-electron chi connectivity index (χ1n) is 9.05. The van der Waals surface area contributed by atoms with E-state index in [2.05, 4.69) is 0 Å². The van der Waals surface area contributed by atoms with Crippen molar-refractivity contribution in [3.63, 3.8) is 0 Å². The summed E-state index contributed by atoms with van der Waals surface area (Å²) in [6, 6.07) is 18.8. The third-order valence-corrected chi connectivity index (χ3v) is 6.08. The number of nitrogens with zero attached hydrogens (tertiary/aromatic N) is 1. The van der Waals surface area contributed by atoms with E-state index in [1.165, 1.54) is 12.1 Å². The molecule has 0 aliphatic carbocycles. The van der Waals surface area contributed by atoms with E-state index in [1.807, 2.05) is 31.2 Å². The topological polar surface area (TPSA) is 29.5 Å². The molecule has 2 atom stereocenters. The lowest BCUT2D eigenvalue weighted by atomic mass is 9.64. The number of β-lactam (4-membered cyclic amide) rings is 1. The number of halogens is 3. The third kappa shape index (κ3) is 3.17. The van der Waals surface area contributed by atoms with E-state index in [0.717, 1.165) is 11.3 Å². The van der Waals surface area contributed by atoms with Crippen molar-refractivity contribution < 1.29 is 13.9 Å². The predicted octanol–water partition coefficient (Wildman–Crippen LogP) is 6.19. The SMILES string of the molecule is COc1ccc(N2C(=O)[C@@](C)(c3ccc(Cl)c(F)c3)[C@H]2c2ccc(Cl)cc2)cc1. The minimum atomic E-state index is -0.945. The Morgan fingerprint density at radius 2 is 1.66 bits per heavy atom. The van der Waals surface area contributed by atoms with Crippen molar-refractivity contribution in [2.75, 3.05) is 12.0 Å². The van der Waals surface area contributed by atoms with Crippen LogP contribution in [0.15, 0.2) is 66.7 Å². The van der Waals surface area contributed by atoms with E-state index in [9.17, 15) is 9.18 Å². The van der Waals surface area contributed by atoms with E-state index in [-0.39, 0.29) is 17.0 Å². The zero-order valence-electron chi connectivity index (χ0n) is 15.8. The van der Waals surface area contributed by atoms with Crippen LogP contribution in [0.5, 0.6) is 5.75 Å². The largest absolute Gasteiger partial charge is 0.497 e. The molecule has 3 nitrogen and oxygen atoms in total. The van der Waals surface area contributed by atoms with Gasteiger partial charge in [-0.1, -0.05) is 41.4 Å². The average Bonchev–Trinajstić information content (AvgIpc) is 2.74. The lowest BCUT2D eigenvalue weighted by Gasteiger charge is -2.55. The number of carbonyl (C=O) groups is 1. The van der Waals surface area contributed by atoms with Crippen LogP contribution in [0.25, 0.3) is 0 Å². The molecule has 3 aromatic rings. The van der Waals surface area contributed by atoms with Gasteiger partial charge in [0.05, 0.1) is 23.6 Å². The molecule has 29 heavy (non-hydrogen) atoms. The van der Waals surface area contributed by atoms with Crippen LogP contribution >= 0.6 is 23.2 Å². The van der Waals surface area contributed by atoms with Crippen molar-refractivity contribution in [1.82, 2.24) is 0 Å². The molecule has 0 radical (unpaired) electrons. The van der Waals surface area contributed by atoms with Gasteiger partial charge in [-0.15, -0.1) is 0 Å². The quantitative estimate of drug-likeness (QED) is 0.462. The van der Waals surface area contributed by atoms with Gasteiger partial charge in [-0.2, -0.15) is 0 Å². The number of benzene rings is 3. The molecule has 1 aliphatic heterocycles. The molecule has 1 amide bonds. The summed E-state index contributed by atoms with van der Waals surface area (Å²) >= 11 is 11.9. The Labute approximate surface area is 178 Å². The number of rotatable bonds is 4. The van der Waals surface area contributed by atoms with Crippen molar-refractivity contribution >= 4 is 34.8 Å². The van der Waals surface area contributed by atoms with Gasteiger partial charge in [0.15, 0.2) is 0 Å². The lowest BCUT2D eigenvalue weighted by Crippen LogP contribution is -2.65. The average molecular weight is 430 g/mol. The van der Waals surface area contributed by atoms with Gasteiger partial charge in [0, 0.05) is 10.7 Å². The summed E-state index contributed by atoms with van der Waals surface area (Å²) < 4.78 is 19.4. The van der Waals surface area contributed by atoms with Gasteiger partial charge < -0.3 is 9.64 Å². The van der Waals surface area contributed by atoms with E-state index in [4.69, 9.17) is 27.9 Å². The van der Waals surface area contributed by atoms with Crippen LogP contribution in [0.4, 0.5) is 10.1 Å². The van der Waals surface area contributed by atoms with Crippen LogP contribution in [-0.2, 0) is 10.2 Å². The highest BCUT2D eigenvalue weighted by Crippen LogP contribution is 2.53. The van der Waals surface area contributed by atoms with Gasteiger partial charge in [0.25, 0.3) is 0 Å². The second-order valence-corrected chi connectivity index (χ2v) is 8.00. The zero-order chi connectivity index (χ0) is 20.8. The molecule has 1 aliphatic rings. The maximum Gasteiger partial charge on any atom is 0.240 e. The number of anilines is 1. The summed E-state index contributed by atoms with van der Waals surface area (Å²) in [5, 5.41) is 0.633. The number of methoxy groups -OCH3 is 1. The molecule has 0 aromatic heterocycles. The second kappa shape index (κ2) is 7.36. The Morgan fingerprint density at radius 3 is 2.24 bits per heavy atom. The van der Waals surface area contributed by atoms with Gasteiger partial charge >= 0.3 is 0 Å². The maximum atomic E-state index is 14.2. The van der Waals surface area contributed by atoms with Crippen molar-refractivity contribution in [3.05, 3.63) is 93.7 Å². The number of amides is 1. The minimum absolute atomic E-state index is 0.0270. The molecule has 6 heteroatoms. The maximum absolute atomic E-state index is 14.2. The normalized spacial score (nSPS) is 21.1. The molecule has 148 valence electrons. The highest BCUT2D eigenvalue weighted by atomic mass is 35.5. The van der Waals surface area contributed by atoms with Crippen molar-refractivity contribution in [2.45, 2.75) is 18.4 Å². The fourth-order valence-corrected chi connectivity index (χ4v) is 4.16. The van der Waals surface area contributed by atoms with E-state index < -0.39 is 11.2 Å². The summed E-state index contributed by atoms with van der Waals surface area (Å²) in [4.78, 5) is 15.1. The Kier molecular flexibility index (Phi) is 5.01. The van der Waals surface area contributed by atoms with Crippen LogP contribution in [0, 0.1) is 5.82 Å². The van der Waals surface area contributed by atoms with Crippen LogP contribution in [0.3, 0.4) is 0 Å². The summed E-state index contributed by atoms with van der Waals surface area (Å²) in [5.41, 5.74) is 1.28. The van der Waals surface area contributed by atoms with Crippen molar-refractivity contribution in [3.8, 4) is 5.75 Å². The van der Waals surface area contributed by atoms with Gasteiger partial charge in [0.2, 0.25) is 5.91 Å². The van der Waals surface area contributed by atoms with Crippen LogP contribution in [0.2, 0.25) is 10.0 Å². The Hall–Kier alpha value is -2.56. The molecule has 1 heterocycles. The Bertz CT molecular complexity index is 1070. The fraction of sp³-hybridized carbons (Fsp3) is 0.174. The molecule has 1 fully saturated rings. The summed E-state index contributed by atoms with van der Waals surface area (Å²) in [6.07, 6.45) is 0. The smallest absolute Gasteiger partial charge is 0.240 e. The Balaban J connectivity index is 1.83.